The lowest BCUT2D eigenvalue weighted by Gasteiger charge is -2.46. The van der Waals surface area contributed by atoms with Crippen LogP contribution in [0.1, 0.15) is 44.1 Å². The third-order valence-electron chi connectivity index (χ3n) is 7.65. The van der Waals surface area contributed by atoms with E-state index in [-0.39, 0.29) is 5.75 Å². The summed E-state index contributed by atoms with van der Waals surface area (Å²) in [6, 6.07) is 13.4. The van der Waals surface area contributed by atoms with Crippen molar-refractivity contribution in [2.45, 2.75) is 63.1 Å². The van der Waals surface area contributed by atoms with E-state index in [2.05, 4.69) is 26.4 Å². The molecule has 0 radical (unpaired) electrons. The van der Waals surface area contributed by atoms with Gasteiger partial charge < -0.3 is 20.1 Å². The standard InChI is InChI=1S/C27H31N5O2/c1-34-26-14-18(9-10-28-26)17-7-8-23(25(33)13-17)24-12-19-4-3-11-32(27(19)31-30-24)22-15-20-5-2-6-21(16-22)29-20/h7-10,12-14,20-22,29,33H,2-6,11,15-16H2,1H3/t20-,21+,22?. The first kappa shape index (κ1) is 21.4. The number of phenolic OH excluding ortho intramolecular Hbond substituents is 1. The van der Waals surface area contributed by atoms with Crippen LogP contribution in [0.15, 0.2) is 42.6 Å². The number of anilines is 1. The normalized spacial score (nSPS) is 23.9. The van der Waals surface area contributed by atoms with Gasteiger partial charge in [0.1, 0.15) is 5.75 Å². The van der Waals surface area contributed by atoms with E-state index < -0.39 is 0 Å². The zero-order valence-electron chi connectivity index (χ0n) is 19.6. The maximum atomic E-state index is 10.9. The highest BCUT2D eigenvalue weighted by Crippen LogP contribution is 2.37. The van der Waals surface area contributed by atoms with Crippen LogP contribution in [-0.4, -0.2) is 52.1 Å². The molecule has 3 aliphatic heterocycles. The Labute approximate surface area is 200 Å². The maximum absolute atomic E-state index is 10.9. The van der Waals surface area contributed by atoms with Gasteiger partial charge in [-0.3, -0.25) is 0 Å². The predicted octanol–water partition coefficient (Wildman–Crippen LogP) is 4.35. The molecule has 176 valence electrons. The van der Waals surface area contributed by atoms with Crippen molar-refractivity contribution in [3.8, 4) is 34.0 Å². The highest BCUT2D eigenvalue weighted by Gasteiger charge is 2.36. The van der Waals surface area contributed by atoms with Crippen LogP contribution in [0, 0.1) is 0 Å². The molecule has 2 fully saturated rings. The zero-order chi connectivity index (χ0) is 23.1. The van der Waals surface area contributed by atoms with E-state index >= 15 is 0 Å². The molecule has 0 spiro atoms. The monoisotopic (exact) mass is 457 g/mol. The largest absolute Gasteiger partial charge is 0.507 e. The molecule has 3 atom stereocenters. The average molecular weight is 458 g/mol. The Morgan fingerprint density at radius 2 is 1.82 bits per heavy atom. The molecule has 3 aromatic rings. The van der Waals surface area contributed by atoms with Gasteiger partial charge in [-0.2, -0.15) is 0 Å². The summed E-state index contributed by atoms with van der Waals surface area (Å²) in [5.74, 6) is 1.78. The van der Waals surface area contributed by atoms with Crippen molar-refractivity contribution >= 4 is 5.82 Å². The number of benzene rings is 1. The fraction of sp³-hybridized carbons (Fsp3) is 0.444. The molecule has 2 bridgehead atoms. The second-order valence-electron chi connectivity index (χ2n) is 9.81. The SMILES string of the molecule is COc1cc(-c2ccc(-c3cc4c(nn3)N(C3C[C@H]5CCC[C@@H](C3)N5)CCC4)c(O)c2)ccn1. The van der Waals surface area contributed by atoms with Gasteiger partial charge in [-0.05, 0) is 79.5 Å². The number of aryl methyl sites for hydroxylation is 1. The van der Waals surface area contributed by atoms with Gasteiger partial charge in [-0.1, -0.05) is 12.5 Å². The lowest BCUT2D eigenvalue weighted by molar-refractivity contribution is 0.215. The van der Waals surface area contributed by atoms with Gasteiger partial charge >= 0.3 is 0 Å². The summed E-state index contributed by atoms with van der Waals surface area (Å²) in [6.45, 7) is 1.06. The minimum absolute atomic E-state index is 0.196. The van der Waals surface area contributed by atoms with Crippen molar-refractivity contribution in [1.29, 1.82) is 0 Å². The first-order valence-electron chi connectivity index (χ1n) is 12.4. The molecule has 0 aliphatic carbocycles. The number of nitrogens with zero attached hydrogens (tertiary/aromatic N) is 4. The first-order valence-corrected chi connectivity index (χ1v) is 12.4. The summed E-state index contributed by atoms with van der Waals surface area (Å²) < 4.78 is 5.23. The topological polar surface area (TPSA) is 83.4 Å². The lowest BCUT2D eigenvalue weighted by atomic mass is 9.83. The molecule has 2 N–H and O–H groups in total. The van der Waals surface area contributed by atoms with E-state index in [0.717, 1.165) is 42.0 Å². The van der Waals surface area contributed by atoms with Crippen molar-refractivity contribution in [1.82, 2.24) is 20.5 Å². The summed E-state index contributed by atoms with van der Waals surface area (Å²) in [7, 11) is 1.60. The minimum Gasteiger partial charge on any atom is -0.507 e. The van der Waals surface area contributed by atoms with Crippen LogP contribution in [0.4, 0.5) is 5.82 Å². The number of phenols is 1. The van der Waals surface area contributed by atoms with Crippen molar-refractivity contribution in [3.63, 3.8) is 0 Å². The molecule has 7 nitrogen and oxygen atoms in total. The van der Waals surface area contributed by atoms with Gasteiger partial charge in [0.25, 0.3) is 0 Å². The zero-order valence-corrected chi connectivity index (χ0v) is 19.6. The quantitative estimate of drug-likeness (QED) is 0.603. The Morgan fingerprint density at radius 3 is 2.62 bits per heavy atom. The summed E-state index contributed by atoms with van der Waals surface area (Å²) in [5, 5.41) is 23.9. The molecule has 7 heteroatoms. The number of hydrogen-bond donors (Lipinski definition) is 2. The molecule has 5 heterocycles. The number of methoxy groups -OCH3 is 1. The fourth-order valence-electron chi connectivity index (χ4n) is 6.00. The molecule has 2 saturated heterocycles. The Kier molecular flexibility index (Phi) is 5.57. The molecular formula is C27H31N5O2. The Hall–Kier alpha value is -3.19. The highest BCUT2D eigenvalue weighted by atomic mass is 16.5. The van der Waals surface area contributed by atoms with Gasteiger partial charge in [-0.25, -0.2) is 4.98 Å². The number of piperidine rings is 2. The van der Waals surface area contributed by atoms with Gasteiger partial charge in [0.15, 0.2) is 5.82 Å². The predicted molar refractivity (Wildman–Crippen MR) is 132 cm³/mol. The molecule has 1 aromatic carbocycles. The van der Waals surface area contributed by atoms with E-state index in [1.165, 1.54) is 37.7 Å². The van der Waals surface area contributed by atoms with Crippen LogP contribution in [0.25, 0.3) is 22.4 Å². The summed E-state index contributed by atoms with van der Waals surface area (Å²) >= 11 is 0. The average Bonchev–Trinajstić information content (AvgIpc) is 2.87. The van der Waals surface area contributed by atoms with Crippen LogP contribution in [0.2, 0.25) is 0 Å². The molecular weight excluding hydrogens is 426 g/mol. The molecule has 34 heavy (non-hydrogen) atoms. The number of fused-ring (bicyclic) bond motifs is 3. The third kappa shape index (κ3) is 3.98. The smallest absolute Gasteiger partial charge is 0.213 e. The molecule has 3 aliphatic rings. The second-order valence-corrected chi connectivity index (χ2v) is 9.81. The van der Waals surface area contributed by atoms with E-state index in [1.807, 2.05) is 24.3 Å². The third-order valence-corrected chi connectivity index (χ3v) is 7.65. The van der Waals surface area contributed by atoms with E-state index in [1.54, 1.807) is 19.4 Å². The highest BCUT2D eigenvalue weighted by molar-refractivity contribution is 5.75. The van der Waals surface area contributed by atoms with Crippen LogP contribution in [-0.2, 0) is 6.42 Å². The maximum Gasteiger partial charge on any atom is 0.213 e. The summed E-state index contributed by atoms with van der Waals surface area (Å²) in [4.78, 5) is 6.67. The van der Waals surface area contributed by atoms with Crippen LogP contribution >= 0.6 is 0 Å². The number of aromatic nitrogens is 3. The van der Waals surface area contributed by atoms with Gasteiger partial charge in [0.05, 0.1) is 12.8 Å². The summed E-state index contributed by atoms with van der Waals surface area (Å²) in [6.07, 6.45) is 10.2. The Balaban J connectivity index is 1.27. The van der Waals surface area contributed by atoms with Gasteiger partial charge in [0, 0.05) is 42.5 Å². The van der Waals surface area contributed by atoms with Crippen molar-refractivity contribution in [2.75, 3.05) is 18.6 Å². The van der Waals surface area contributed by atoms with Crippen molar-refractivity contribution in [3.05, 3.63) is 48.2 Å². The van der Waals surface area contributed by atoms with Gasteiger partial charge in [-0.15, -0.1) is 10.2 Å². The number of aromatic hydroxyl groups is 1. The van der Waals surface area contributed by atoms with Crippen LogP contribution < -0.4 is 15.0 Å². The Bertz CT molecular complexity index is 1190. The minimum atomic E-state index is 0.196. The molecule has 6 rings (SSSR count). The van der Waals surface area contributed by atoms with E-state index in [0.29, 0.717) is 29.6 Å². The number of rotatable bonds is 4. The van der Waals surface area contributed by atoms with E-state index in [9.17, 15) is 5.11 Å². The van der Waals surface area contributed by atoms with Crippen molar-refractivity contribution in [2.24, 2.45) is 0 Å². The number of nitrogens with one attached hydrogen (secondary N) is 1. The van der Waals surface area contributed by atoms with E-state index in [4.69, 9.17) is 9.84 Å². The number of ether oxygens (including phenoxy) is 1. The Morgan fingerprint density at radius 1 is 1.00 bits per heavy atom. The summed E-state index contributed by atoms with van der Waals surface area (Å²) in [5.41, 5.74) is 4.50. The van der Waals surface area contributed by atoms with Crippen LogP contribution in [0.5, 0.6) is 11.6 Å². The van der Waals surface area contributed by atoms with Gasteiger partial charge in [0.2, 0.25) is 5.88 Å². The molecule has 0 saturated carbocycles. The fourth-order valence-corrected chi connectivity index (χ4v) is 6.00. The number of pyridine rings is 1. The lowest BCUT2D eigenvalue weighted by Crippen LogP contribution is -2.55. The molecule has 0 amide bonds. The van der Waals surface area contributed by atoms with Crippen LogP contribution in [0.3, 0.4) is 0 Å². The first-order chi connectivity index (χ1) is 16.7. The molecule has 2 aromatic heterocycles. The molecule has 1 unspecified atom stereocenters. The number of hydrogen-bond acceptors (Lipinski definition) is 7. The second kappa shape index (κ2) is 8.87. The van der Waals surface area contributed by atoms with Crippen molar-refractivity contribution < 1.29 is 9.84 Å².